The molecule has 5 nitrogen and oxygen atoms in total. The Morgan fingerprint density at radius 1 is 0.806 bits per heavy atom. The standard InChI is InChI=1S/C25H27O5P/c1-13-7-15(3)21(16(4)8-13)24(28)31(12-19-11-20(26)30-23(19)27)25(29)22-17(5)9-14(2)10-18(22)6/h7-10,19H,11-12H2,1-6H3. The third kappa shape index (κ3) is 4.67. The van der Waals surface area contributed by atoms with Crippen molar-refractivity contribution in [3.05, 3.63) is 68.8 Å². The molecule has 0 aliphatic carbocycles. The molecule has 1 fully saturated rings. The van der Waals surface area contributed by atoms with Crippen LogP contribution in [0, 0.1) is 47.5 Å². The number of esters is 2. The molecule has 6 heteroatoms. The summed E-state index contributed by atoms with van der Waals surface area (Å²) in [5.41, 5.74) is 5.89. The molecule has 0 aromatic heterocycles. The predicted molar refractivity (Wildman–Crippen MR) is 121 cm³/mol. The van der Waals surface area contributed by atoms with Gasteiger partial charge in [0.05, 0.1) is 12.3 Å². The van der Waals surface area contributed by atoms with Crippen LogP contribution >= 0.6 is 7.92 Å². The molecule has 0 saturated carbocycles. The summed E-state index contributed by atoms with van der Waals surface area (Å²) < 4.78 is 4.68. The Labute approximate surface area is 183 Å². The van der Waals surface area contributed by atoms with Crippen LogP contribution in [-0.2, 0) is 14.3 Å². The van der Waals surface area contributed by atoms with Crippen molar-refractivity contribution in [3.8, 4) is 0 Å². The van der Waals surface area contributed by atoms with Crippen molar-refractivity contribution in [1.82, 2.24) is 0 Å². The van der Waals surface area contributed by atoms with Crippen LogP contribution in [0.1, 0.15) is 60.5 Å². The lowest BCUT2D eigenvalue weighted by Gasteiger charge is -2.21. The van der Waals surface area contributed by atoms with E-state index in [1.54, 1.807) is 0 Å². The molecule has 1 aliphatic heterocycles. The van der Waals surface area contributed by atoms with Crippen LogP contribution in [0.15, 0.2) is 24.3 Å². The van der Waals surface area contributed by atoms with E-state index >= 15 is 0 Å². The first-order chi connectivity index (χ1) is 14.5. The molecule has 0 bridgehead atoms. The molecule has 1 heterocycles. The Bertz CT molecular complexity index is 999. The van der Waals surface area contributed by atoms with Crippen LogP contribution < -0.4 is 0 Å². The number of aryl methyl sites for hydroxylation is 6. The third-order valence-corrected chi connectivity index (χ3v) is 7.87. The van der Waals surface area contributed by atoms with Crippen LogP contribution in [0.2, 0.25) is 0 Å². The van der Waals surface area contributed by atoms with Gasteiger partial charge in [-0.2, -0.15) is 0 Å². The first kappa shape index (κ1) is 23.0. The molecule has 0 amide bonds. The number of ether oxygens (including phenoxy) is 1. The molecule has 0 radical (unpaired) electrons. The van der Waals surface area contributed by atoms with Crippen molar-refractivity contribution in [2.45, 2.75) is 48.0 Å². The minimum atomic E-state index is -1.91. The highest BCUT2D eigenvalue weighted by molar-refractivity contribution is 7.90. The van der Waals surface area contributed by atoms with Crippen molar-refractivity contribution < 1.29 is 23.9 Å². The molecule has 1 unspecified atom stereocenters. The first-order valence-electron chi connectivity index (χ1n) is 10.3. The highest BCUT2D eigenvalue weighted by atomic mass is 31.1. The predicted octanol–water partition coefficient (Wildman–Crippen LogP) is 5.09. The Morgan fingerprint density at radius 2 is 1.19 bits per heavy atom. The van der Waals surface area contributed by atoms with Gasteiger partial charge in [-0.25, -0.2) is 0 Å². The molecule has 1 aliphatic rings. The summed E-state index contributed by atoms with van der Waals surface area (Å²) in [6.07, 6.45) is -0.0625. The summed E-state index contributed by atoms with van der Waals surface area (Å²) in [6, 6.07) is 7.70. The molecule has 162 valence electrons. The highest BCUT2D eigenvalue weighted by Crippen LogP contribution is 2.48. The summed E-state index contributed by atoms with van der Waals surface area (Å²) in [5, 5.41) is 0. The Balaban J connectivity index is 2.09. The average Bonchev–Trinajstić information content (AvgIpc) is 2.94. The zero-order valence-corrected chi connectivity index (χ0v) is 19.7. The topological polar surface area (TPSA) is 77.5 Å². The quantitative estimate of drug-likeness (QED) is 0.357. The third-order valence-electron chi connectivity index (χ3n) is 5.64. The smallest absolute Gasteiger partial charge is 0.317 e. The second-order valence-electron chi connectivity index (χ2n) is 8.46. The number of benzene rings is 2. The number of cyclic esters (lactones) is 2. The van der Waals surface area contributed by atoms with E-state index in [1.807, 2.05) is 65.8 Å². The van der Waals surface area contributed by atoms with E-state index in [0.29, 0.717) is 11.1 Å². The summed E-state index contributed by atoms with van der Waals surface area (Å²) >= 11 is 0. The van der Waals surface area contributed by atoms with Crippen molar-refractivity contribution in [2.75, 3.05) is 6.16 Å². The minimum Gasteiger partial charge on any atom is -0.393 e. The lowest BCUT2D eigenvalue weighted by atomic mass is 10.0. The maximum atomic E-state index is 13.7. The van der Waals surface area contributed by atoms with Gasteiger partial charge in [-0.15, -0.1) is 0 Å². The number of rotatable bonds is 6. The Hall–Kier alpha value is -2.65. The summed E-state index contributed by atoms with van der Waals surface area (Å²) in [6.45, 7) is 11.4. The van der Waals surface area contributed by atoms with Gasteiger partial charge in [0.1, 0.15) is 0 Å². The van der Waals surface area contributed by atoms with Crippen molar-refractivity contribution in [2.24, 2.45) is 5.92 Å². The van der Waals surface area contributed by atoms with E-state index in [4.69, 9.17) is 0 Å². The largest absolute Gasteiger partial charge is 0.393 e. The lowest BCUT2D eigenvalue weighted by molar-refractivity contribution is -0.152. The second-order valence-corrected chi connectivity index (χ2v) is 10.5. The van der Waals surface area contributed by atoms with Gasteiger partial charge in [-0.05, 0) is 70.0 Å². The van der Waals surface area contributed by atoms with Crippen molar-refractivity contribution in [1.29, 1.82) is 0 Å². The summed E-state index contributed by atoms with van der Waals surface area (Å²) in [7, 11) is -1.91. The number of hydrogen-bond acceptors (Lipinski definition) is 5. The summed E-state index contributed by atoms with van der Waals surface area (Å²) in [4.78, 5) is 51.2. The van der Waals surface area contributed by atoms with Crippen LogP contribution in [-0.4, -0.2) is 29.1 Å². The van der Waals surface area contributed by atoms with E-state index in [-0.39, 0.29) is 23.6 Å². The zero-order valence-electron chi connectivity index (χ0n) is 18.8. The van der Waals surface area contributed by atoms with Crippen LogP contribution in [0.5, 0.6) is 0 Å². The maximum absolute atomic E-state index is 13.7. The van der Waals surface area contributed by atoms with Gasteiger partial charge in [0.2, 0.25) is 0 Å². The van der Waals surface area contributed by atoms with E-state index in [0.717, 1.165) is 33.4 Å². The number of hydrogen-bond donors (Lipinski definition) is 0. The average molecular weight is 438 g/mol. The van der Waals surface area contributed by atoms with Crippen LogP contribution in [0.4, 0.5) is 0 Å². The molecule has 31 heavy (non-hydrogen) atoms. The fraction of sp³-hybridized carbons (Fsp3) is 0.360. The molecule has 3 rings (SSSR count). The van der Waals surface area contributed by atoms with E-state index < -0.39 is 25.8 Å². The number of carbonyl (C=O) groups excluding carboxylic acids is 4. The van der Waals surface area contributed by atoms with Gasteiger partial charge in [0.15, 0.2) is 11.0 Å². The second kappa shape index (κ2) is 8.84. The normalized spacial score (nSPS) is 16.0. The fourth-order valence-corrected chi connectivity index (χ4v) is 6.92. The van der Waals surface area contributed by atoms with E-state index in [1.165, 1.54) is 0 Å². The van der Waals surface area contributed by atoms with Crippen molar-refractivity contribution in [3.63, 3.8) is 0 Å². The van der Waals surface area contributed by atoms with Crippen molar-refractivity contribution >= 4 is 30.9 Å². The molecule has 1 saturated heterocycles. The van der Waals surface area contributed by atoms with E-state index in [2.05, 4.69) is 4.74 Å². The Morgan fingerprint density at radius 3 is 1.52 bits per heavy atom. The molecule has 1 atom stereocenters. The van der Waals surface area contributed by atoms with Gasteiger partial charge < -0.3 is 4.74 Å². The minimum absolute atomic E-state index is 0.0249. The van der Waals surface area contributed by atoms with Gasteiger partial charge >= 0.3 is 11.9 Å². The van der Waals surface area contributed by atoms with Crippen LogP contribution in [0.3, 0.4) is 0 Å². The van der Waals surface area contributed by atoms with Gasteiger partial charge in [0, 0.05) is 19.0 Å². The van der Waals surface area contributed by atoms with E-state index in [9.17, 15) is 19.2 Å². The van der Waals surface area contributed by atoms with Gasteiger partial charge in [-0.1, -0.05) is 35.4 Å². The lowest BCUT2D eigenvalue weighted by Crippen LogP contribution is -2.20. The monoisotopic (exact) mass is 438 g/mol. The molecule has 0 spiro atoms. The molecule has 0 N–H and O–H groups in total. The fourth-order valence-electron chi connectivity index (χ4n) is 4.44. The molecular formula is C25H27O5P. The molecule has 2 aromatic rings. The van der Waals surface area contributed by atoms with Gasteiger partial charge in [-0.3, -0.25) is 19.2 Å². The van der Waals surface area contributed by atoms with Gasteiger partial charge in [0.25, 0.3) is 0 Å². The SMILES string of the molecule is Cc1cc(C)c(C(=O)P(CC2CC(=O)OC2=O)C(=O)c2c(C)cc(C)cc2C)c(C)c1. The molecule has 2 aromatic carbocycles. The first-order valence-corrected chi connectivity index (χ1v) is 11.8. The molecular weight excluding hydrogens is 411 g/mol. The zero-order chi connectivity index (χ0) is 23.0. The number of carbonyl (C=O) groups is 4. The highest BCUT2D eigenvalue weighted by Gasteiger charge is 2.40. The summed E-state index contributed by atoms with van der Waals surface area (Å²) in [5.74, 6) is -2.01. The van der Waals surface area contributed by atoms with Crippen LogP contribution in [0.25, 0.3) is 0 Å². The maximum Gasteiger partial charge on any atom is 0.317 e. The Kier molecular flexibility index (Phi) is 6.56.